The molecule has 0 saturated heterocycles. The van der Waals surface area contributed by atoms with Gasteiger partial charge in [-0.05, 0) is 23.8 Å². The molecule has 0 unspecified atom stereocenters. The first-order chi connectivity index (χ1) is 10.3. The molecule has 0 aliphatic carbocycles. The highest BCUT2D eigenvalue weighted by atomic mass is 35.5. The van der Waals surface area contributed by atoms with Crippen LogP contribution in [0.3, 0.4) is 0 Å². The summed E-state index contributed by atoms with van der Waals surface area (Å²) < 4.78 is 5.41. The summed E-state index contributed by atoms with van der Waals surface area (Å²) in [6, 6.07) is 15.7. The molecule has 1 aliphatic rings. The van der Waals surface area contributed by atoms with Crippen LogP contribution in [0.1, 0.15) is 17.5 Å². The molecule has 0 saturated carbocycles. The average Bonchev–Trinajstić information content (AvgIpc) is 3.14. The van der Waals surface area contributed by atoms with Crippen molar-refractivity contribution in [1.29, 1.82) is 0 Å². The van der Waals surface area contributed by atoms with Crippen LogP contribution in [0.25, 0.3) is 11.4 Å². The molecular formula is C16H12ClN3O. The number of anilines is 1. The van der Waals surface area contributed by atoms with Gasteiger partial charge in [-0.1, -0.05) is 47.1 Å². The summed E-state index contributed by atoms with van der Waals surface area (Å²) in [5.41, 5.74) is 3.17. The van der Waals surface area contributed by atoms with Crippen molar-refractivity contribution >= 4 is 17.3 Å². The van der Waals surface area contributed by atoms with Crippen LogP contribution in [0.2, 0.25) is 5.02 Å². The number of hydrogen-bond acceptors (Lipinski definition) is 4. The van der Waals surface area contributed by atoms with Crippen molar-refractivity contribution in [2.45, 2.75) is 12.5 Å². The zero-order chi connectivity index (χ0) is 14.2. The monoisotopic (exact) mass is 297 g/mol. The van der Waals surface area contributed by atoms with E-state index >= 15 is 0 Å². The third kappa shape index (κ3) is 2.17. The Bertz CT molecular complexity index is 774. The zero-order valence-corrected chi connectivity index (χ0v) is 11.8. The number of para-hydroxylation sites is 1. The van der Waals surface area contributed by atoms with Crippen molar-refractivity contribution in [3.8, 4) is 11.4 Å². The third-order valence-corrected chi connectivity index (χ3v) is 3.96. The molecule has 4 rings (SSSR count). The summed E-state index contributed by atoms with van der Waals surface area (Å²) in [7, 11) is 0. The molecule has 1 atom stereocenters. The number of benzene rings is 2. The molecule has 2 heterocycles. The second-order valence-electron chi connectivity index (χ2n) is 4.99. The third-order valence-electron chi connectivity index (χ3n) is 3.63. The molecule has 0 radical (unpaired) electrons. The minimum absolute atomic E-state index is 0.0196. The van der Waals surface area contributed by atoms with E-state index in [1.54, 1.807) is 0 Å². The summed E-state index contributed by atoms with van der Waals surface area (Å²) >= 11 is 6.16. The largest absolute Gasteiger partial charge is 0.373 e. The molecule has 5 heteroatoms. The maximum atomic E-state index is 6.16. The van der Waals surface area contributed by atoms with Crippen LogP contribution in [-0.4, -0.2) is 10.1 Å². The fourth-order valence-corrected chi connectivity index (χ4v) is 2.80. The van der Waals surface area contributed by atoms with Crippen LogP contribution >= 0.6 is 11.6 Å². The van der Waals surface area contributed by atoms with Crippen molar-refractivity contribution < 1.29 is 4.52 Å². The molecule has 3 aromatic rings. The Morgan fingerprint density at radius 3 is 2.76 bits per heavy atom. The van der Waals surface area contributed by atoms with E-state index in [2.05, 4.69) is 27.6 Å². The van der Waals surface area contributed by atoms with Gasteiger partial charge in [-0.15, -0.1) is 0 Å². The molecule has 104 valence electrons. The van der Waals surface area contributed by atoms with E-state index in [-0.39, 0.29) is 6.04 Å². The Labute approximate surface area is 126 Å². The molecule has 1 N–H and O–H groups in total. The van der Waals surface area contributed by atoms with Crippen molar-refractivity contribution in [1.82, 2.24) is 10.1 Å². The maximum Gasteiger partial charge on any atom is 0.249 e. The van der Waals surface area contributed by atoms with Crippen LogP contribution in [0, 0.1) is 0 Å². The van der Waals surface area contributed by atoms with Crippen molar-refractivity contribution in [3.63, 3.8) is 0 Å². The van der Waals surface area contributed by atoms with Crippen LogP contribution in [0.5, 0.6) is 0 Å². The number of nitrogens with one attached hydrogen (secondary N) is 1. The number of nitrogens with zero attached hydrogens (tertiary/aromatic N) is 2. The first-order valence-corrected chi connectivity index (χ1v) is 7.12. The maximum absolute atomic E-state index is 6.16. The second-order valence-corrected chi connectivity index (χ2v) is 5.40. The Morgan fingerprint density at radius 1 is 1.10 bits per heavy atom. The minimum atomic E-state index is 0.0196. The Kier molecular flexibility index (Phi) is 2.89. The van der Waals surface area contributed by atoms with E-state index in [9.17, 15) is 0 Å². The summed E-state index contributed by atoms with van der Waals surface area (Å²) in [4.78, 5) is 4.48. The molecule has 4 nitrogen and oxygen atoms in total. The van der Waals surface area contributed by atoms with Crippen molar-refractivity contribution in [2.75, 3.05) is 5.32 Å². The molecule has 1 aliphatic heterocycles. The van der Waals surface area contributed by atoms with E-state index in [1.165, 1.54) is 5.56 Å². The number of aromatic nitrogens is 2. The summed E-state index contributed by atoms with van der Waals surface area (Å²) in [6.07, 6.45) is 0.848. The van der Waals surface area contributed by atoms with Gasteiger partial charge in [0.1, 0.15) is 6.04 Å². The lowest BCUT2D eigenvalue weighted by molar-refractivity contribution is 0.364. The first-order valence-electron chi connectivity index (χ1n) is 6.74. The molecule has 2 aromatic carbocycles. The summed E-state index contributed by atoms with van der Waals surface area (Å²) in [6.45, 7) is 0. The fourth-order valence-electron chi connectivity index (χ4n) is 2.58. The average molecular weight is 298 g/mol. The molecule has 0 fully saturated rings. The van der Waals surface area contributed by atoms with Gasteiger partial charge in [0.25, 0.3) is 0 Å². The van der Waals surface area contributed by atoms with E-state index < -0.39 is 0 Å². The van der Waals surface area contributed by atoms with Gasteiger partial charge in [-0.3, -0.25) is 0 Å². The van der Waals surface area contributed by atoms with Crippen LogP contribution in [0.4, 0.5) is 5.69 Å². The zero-order valence-electron chi connectivity index (χ0n) is 11.1. The molecule has 0 amide bonds. The second kappa shape index (κ2) is 4.90. The van der Waals surface area contributed by atoms with E-state index in [1.807, 2.05) is 36.4 Å². The van der Waals surface area contributed by atoms with Crippen molar-refractivity contribution in [3.05, 3.63) is 65.0 Å². The summed E-state index contributed by atoms with van der Waals surface area (Å²) in [5, 5.41) is 8.06. The van der Waals surface area contributed by atoms with Gasteiger partial charge in [0.15, 0.2) is 0 Å². The number of fused-ring (bicyclic) bond motifs is 1. The Balaban J connectivity index is 1.63. The van der Waals surface area contributed by atoms with Crippen LogP contribution in [-0.2, 0) is 6.42 Å². The van der Waals surface area contributed by atoms with Crippen LogP contribution < -0.4 is 5.32 Å². The Hall–Kier alpha value is -2.33. The molecular weight excluding hydrogens is 286 g/mol. The predicted octanol–water partition coefficient (Wildman–Crippen LogP) is 4.10. The minimum Gasteiger partial charge on any atom is -0.373 e. The van der Waals surface area contributed by atoms with Gasteiger partial charge >= 0.3 is 0 Å². The van der Waals surface area contributed by atoms with Gasteiger partial charge < -0.3 is 9.84 Å². The van der Waals surface area contributed by atoms with Gasteiger partial charge in [-0.25, -0.2) is 0 Å². The van der Waals surface area contributed by atoms with Crippen LogP contribution in [0.15, 0.2) is 53.1 Å². The lowest BCUT2D eigenvalue weighted by Gasteiger charge is -2.04. The molecule has 0 bridgehead atoms. The SMILES string of the molecule is Clc1ccccc1-c1noc([C@@H]2Cc3ccccc3N2)n1. The highest BCUT2D eigenvalue weighted by Gasteiger charge is 2.26. The molecule has 21 heavy (non-hydrogen) atoms. The molecule has 0 spiro atoms. The highest BCUT2D eigenvalue weighted by Crippen LogP contribution is 2.34. The smallest absolute Gasteiger partial charge is 0.249 e. The Morgan fingerprint density at radius 2 is 1.90 bits per heavy atom. The van der Waals surface area contributed by atoms with Gasteiger partial charge in [-0.2, -0.15) is 4.98 Å². The number of halogens is 1. The lowest BCUT2D eigenvalue weighted by atomic mass is 10.1. The topological polar surface area (TPSA) is 51.0 Å². The van der Waals surface area contributed by atoms with Gasteiger partial charge in [0, 0.05) is 17.7 Å². The van der Waals surface area contributed by atoms with Gasteiger partial charge in [0.05, 0.1) is 5.02 Å². The quantitative estimate of drug-likeness (QED) is 0.773. The summed E-state index contributed by atoms with van der Waals surface area (Å²) in [5.74, 6) is 1.11. The normalized spacial score (nSPS) is 16.5. The van der Waals surface area contributed by atoms with Crippen molar-refractivity contribution in [2.24, 2.45) is 0 Å². The molecule has 1 aromatic heterocycles. The van der Waals surface area contributed by atoms with E-state index in [4.69, 9.17) is 16.1 Å². The first kappa shape index (κ1) is 12.4. The van der Waals surface area contributed by atoms with E-state index in [0.29, 0.717) is 16.7 Å². The fraction of sp³-hybridized carbons (Fsp3) is 0.125. The van der Waals surface area contributed by atoms with E-state index in [0.717, 1.165) is 17.7 Å². The van der Waals surface area contributed by atoms with Gasteiger partial charge in [0.2, 0.25) is 11.7 Å². The standard InChI is InChI=1S/C16H12ClN3O/c17-12-7-3-2-6-11(12)15-19-16(21-20-15)14-9-10-5-1-4-8-13(10)18-14/h1-8,14,18H,9H2/t14-/m0/s1. The predicted molar refractivity (Wildman–Crippen MR) is 81.3 cm³/mol. The number of hydrogen-bond donors (Lipinski definition) is 1. The lowest BCUT2D eigenvalue weighted by Crippen LogP contribution is -2.05. The number of rotatable bonds is 2. The highest BCUT2D eigenvalue weighted by molar-refractivity contribution is 6.33.